The quantitative estimate of drug-likeness (QED) is 0.812. The molecule has 102 valence electrons. The number of benzene rings is 1. The van der Waals surface area contributed by atoms with Gasteiger partial charge in [0.05, 0.1) is 13.2 Å². The normalized spacial score (nSPS) is 12.8. The smallest absolute Gasteiger partial charge is 0.119 e. The fraction of sp³-hybridized carbons (Fsp3) is 0.571. The van der Waals surface area contributed by atoms with Crippen molar-refractivity contribution >= 4 is 15.9 Å². The molecule has 0 aliphatic carbocycles. The number of halogens is 1. The fourth-order valence-corrected chi connectivity index (χ4v) is 2.11. The van der Waals surface area contributed by atoms with Crippen molar-refractivity contribution in [3.05, 3.63) is 28.2 Å². The van der Waals surface area contributed by atoms with E-state index in [4.69, 9.17) is 4.74 Å². The van der Waals surface area contributed by atoms with Crippen molar-refractivity contribution in [1.29, 1.82) is 0 Å². The number of ether oxygens (including phenoxy) is 1. The van der Waals surface area contributed by atoms with E-state index in [2.05, 4.69) is 35.1 Å². The first-order valence-electron chi connectivity index (χ1n) is 6.24. The minimum absolute atomic E-state index is 0.382. The van der Waals surface area contributed by atoms with Gasteiger partial charge in [0.2, 0.25) is 0 Å². The van der Waals surface area contributed by atoms with Crippen molar-refractivity contribution in [2.24, 2.45) is 5.92 Å². The average Bonchev–Trinajstić information content (AvgIpc) is 2.31. The Bertz CT molecular complexity index is 369. The van der Waals surface area contributed by atoms with Crippen LogP contribution < -0.4 is 10.1 Å². The Labute approximate surface area is 118 Å². The van der Waals surface area contributed by atoms with E-state index in [0.717, 1.165) is 22.3 Å². The number of aliphatic hydroxyl groups is 1. The van der Waals surface area contributed by atoms with Gasteiger partial charge in [0, 0.05) is 17.4 Å². The molecule has 1 aromatic rings. The second-order valence-corrected chi connectivity index (χ2v) is 5.72. The van der Waals surface area contributed by atoms with Gasteiger partial charge < -0.3 is 15.2 Å². The van der Waals surface area contributed by atoms with Gasteiger partial charge >= 0.3 is 0 Å². The Morgan fingerprint density at radius 1 is 1.33 bits per heavy atom. The summed E-state index contributed by atoms with van der Waals surface area (Å²) in [6.45, 7) is 5.84. The molecule has 1 rings (SSSR count). The highest BCUT2D eigenvalue weighted by atomic mass is 79.9. The molecule has 0 heterocycles. The molecular formula is C14H22BrNO2. The van der Waals surface area contributed by atoms with E-state index in [1.807, 2.05) is 18.2 Å². The molecule has 0 aliphatic rings. The standard InChI is InChI=1S/C14H22BrNO2/c1-10(2)8-16-9-12(17)6-11-7-13(18-3)4-5-14(11)15/h4-5,7,10,12,16-17H,6,8-9H2,1-3H3. The molecule has 0 saturated carbocycles. The predicted molar refractivity (Wildman–Crippen MR) is 78.1 cm³/mol. The van der Waals surface area contributed by atoms with E-state index in [9.17, 15) is 5.11 Å². The summed E-state index contributed by atoms with van der Waals surface area (Å²) in [6, 6.07) is 5.80. The summed E-state index contributed by atoms with van der Waals surface area (Å²) in [7, 11) is 1.65. The van der Waals surface area contributed by atoms with Crippen LogP contribution in [0.1, 0.15) is 19.4 Å². The van der Waals surface area contributed by atoms with Gasteiger partial charge in [-0.2, -0.15) is 0 Å². The predicted octanol–water partition coefficient (Wildman–Crippen LogP) is 2.61. The molecule has 0 fully saturated rings. The van der Waals surface area contributed by atoms with Crippen LogP contribution in [0.25, 0.3) is 0 Å². The van der Waals surface area contributed by atoms with Gasteiger partial charge in [0.25, 0.3) is 0 Å². The molecule has 1 atom stereocenters. The third kappa shape index (κ3) is 5.38. The van der Waals surface area contributed by atoms with Gasteiger partial charge in [0.15, 0.2) is 0 Å². The summed E-state index contributed by atoms with van der Waals surface area (Å²) >= 11 is 3.49. The molecular weight excluding hydrogens is 294 g/mol. The van der Waals surface area contributed by atoms with Crippen LogP contribution in [0.4, 0.5) is 0 Å². The molecule has 0 spiro atoms. The second-order valence-electron chi connectivity index (χ2n) is 4.87. The summed E-state index contributed by atoms with van der Waals surface area (Å²) in [5, 5.41) is 13.2. The van der Waals surface area contributed by atoms with Gasteiger partial charge in [-0.1, -0.05) is 29.8 Å². The fourth-order valence-electron chi connectivity index (χ4n) is 1.70. The van der Waals surface area contributed by atoms with E-state index in [-0.39, 0.29) is 6.10 Å². The van der Waals surface area contributed by atoms with Gasteiger partial charge in [-0.3, -0.25) is 0 Å². The molecule has 0 aromatic heterocycles. The lowest BCUT2D eigenvalue weighted by Crippen LogP contribution is -2.30. The Hall–Kier alpha value is -0.580. The molecule has 0 bridgehead atoms. The highest BCUT2D eigenvalue weighted by Gasteiger charge is 2.09. The maximum atomic E-state index is 9.98. The highest BCUT2D eigenvalue weighted by molar-refractivity contribution is 9.10. The van der Waals surface area contributed by atoms with Gasteiger partial charge in [-0.25, -0.2) is 0 Å². The molecule has 0 saturated heterocycles. The van der Waals surface area contributed by atoms with E-state index < -0.39 is 0 Å². The Kier molecular flexibility index (Phi) is 6.68. The highest BCUT2D eigenvalue weighted by Crippen LogP contribution is 2.23. The molecule has 1 unspecified atom stereocenters. The molecule has 4 heteroatoms. The second kappa shape index (κ2) is 7.77. The molecule has 18 heavy (non-hydrogen) atoms. The zero-order valence-electron chi connectivity index (χ0n) is 11.2. The van der Waals surface area contributed by atoms with E-state index in [1.54, 1.807) is 7.11 Å². The van der Waals surface area contributed by atoms with Crippen LogP contribution in [-0.4, -0.2) is 31.4 Å². The van der Waals surface area contributed by atoms with Crippen LogP contribution in [0.5, 0.6) is 5.75 Å². The number of hydrogen-bond donors (Lipinski definition) is 2. The van der Waals surface area contributed by atoms with Crippen molar-refractivity contribution in [3.63, 3.8) is 0 Å². The molecule has 0 aliphatic heterocycles. The Balaban J connectivity index is 2.50. The molecule has 0 amide bonds. The summed E-state index contributed by atoms with van der Waals surface area (Å²) in [5.41, 5.74) is 1.06. The summed E-state index contributed by atoms with van der Waals surface area (Å²) in [4.78, 5) is 0. The number of hydrogen-bond acceptors (Lipinski definition) is 3. The molecule has 3 nitrogen and oxygen atoms in total. The average molecular weight is 316 g/mol. The molecule has 1 aromatic carbocycles. The van der Waals surface area contributed by atoms with Crippen LogP contribution in [0, 0.1) is 5.92 Å². The Morgan fingerprint density at radius 3 is 2.67 bits per heavy atom. The van der Waals surface area contributed by atoms with Crippen molar-refractivity contribution < 1.29 is 9.84 Å². The van der Waals surface area contributed by atoms with Crippen molar-refractivity contribution in [3.8, 4) is 5.75 Å². The molecule has 2 N–H and O–H groups in total. The summed E-state index contributed by atoms with van der Waals surface area (Å²) in [5.74, 6) is 1.41. The topological polar surface area (TPSA) is 41.5 Å². The number of nitrogens with one attached hydrogen (secondary N) is 1. The number of aliphatic hydroxyl groups excluding tert-OH is 1. The largest absolute Gasteiger partial charge is 0.497 e. The minimum atomic E-state index is -0.382. The minimum Gasteiger partial charge on any atom is -0.497 e. The lowest BCUT2D eigenvalue weighted by atomic mass is 10.1. The Morgan fingerprint density at radius 2 is 2.06 bits per heavy atom. The first kappa shape index (κ1) is 15.5. The van der Waals surface area contributed by atoms with E-state index in [0.29, 0.717) is 18.9 Å². The zero-order valence-corrected chi connectivity index (χ0v) is 12.8. The number of rotatable bonds is 7. The third-order valence-electron chi connectivity index (χ3n) is 2.64. The lowest BCUT2D eigenvalue weighted by Gasteiger charge is -2.14. The SMILES string of the molecule is COc1ccc(Br)c(CC(O)CNCC(C)C)c1. The first-order valence-corrected chi connectivity index (χ1v) is 7.03. The number of methoxy groups -OCH3 is 1. The van der Waals surface area contributed by atoms with Crippen molar-refractivity contribution in [2.45, 2.75) is 26.4 Å². The van der Waals surface area contributed by atoms with Crippen LogP contribution >= 0.6 is 15.9 Å². The lowest BCUT2D eigenvalue weighted by molar-refractivity contribution is 0.170. The first-order chi connectivity index (χ1) is 8.52. The maximum Gasteiger partial charge on any atom is 0.119 e. The van der Waals surface area contributed by atoms with E-state index >= 15 is 0 Å². The molecule has 0 radical (unpaired) electrons. The van der Waals surface area contributed by atoms with E-state index in [1.165, 1.54) is 0 Å². The van der Waals surface area contributed by atoms with Crippen LogP contribution in [0.3, 0.4) is 0 Å². The summed E-state index contributed by atoms with van der Waals surface area (Å²) < 4.78 is 6.19. The van der Waals surface area contributed by atoms with Crippen molar-refractivity contribution in [2.75, 3.05) is 20.2 Å². The van der Waals surface area contributed by atoms with Gasteiger partial charge in [0.1, 0.15) is 5.75 Å². The van der Waals surface area contributed by atoms with Gasteiger partial charge in [-0.15, -0.1) is 0 Å². The van der Waals surface area contributed by atoms with Crippen LogP contribution in [0.15, 0.2) is 22.7 Å². The van der Waals surface area contributed by atoms with Crippen molar-refractivity contribution in [1.82, 2.24) is 5.32 Å². The van der Waals surface area contributed by atoms with Crippen LogP contribution in [0.2, 0.25) is 0 Å². The van der Waals surface area contributed by atoms with Gasteiger partial charge in [-0.05, 0) is 36.2 Å². The van der Waals surface area contributed by atoms with Crippen LogP contribution in [-0.2, 0) is 6.42 Å². The maximum absolute atomic E-state index is 9.98. The summed E-state index contributed by atoms with van der Waals surface area (Å²) in [6.07, 6.45) is 0.232. The third-order valence-corrected chi connectivity index (χ3v) is 3.41. The zero-order chi connectivity index (χ0) is 13.5. The monoisotopic (exact) mass is 315 g/mol.